The summed E-state index contributed by atoms with van der Waals surface area (Å²) in [6.07, 6.45) is 7.11. The second kappa shape index (κ2) is 6.28. The zero-order valence-electron chi connectivity index (χ0n) is 11.0. The fraction of sp³-hybridized carbons (Fsp3) is 0.0667. The van der Waals surface area contributed by atoms with Gasteiger partial charge in [0.2, 0.25) is 0 Å². The van der Waals surface area contributed by atoms with E-state index in [0.29, 0.717) is 6.54 Å². The molecular weight excluding hydrogens is 352 g/mol. The predicted octanol–water partition coefficient (Wildman–Crippen LogP) is 4.30. The Hall–Kier alpha value is -1.85. The molecule has 3 rings (SSSR count). The Labute approximate surface area is 135 Å². The van der Waals surface area contributed by atoms with E-state index in [9.17, 15) is 0 Å². The minimum Gasteiger partial charge on any atom is -0.380 e. The van der Waals surface area contributed by atoms with Crippen molar-refractivity contribution in [1.29, 1.82) is 0 Å². The molecule has 0 spiro atoms. The normalized spacial score (nSPS) is 10.6. The van der Waals surface area contributed by atoms with Crippen LogP contribution in [0.4, 0.5) is 5.69 Å². The van der Waals surface area contributed by atoms with E-state index in [0.717, 1.165) is 26.6 Å². The van der Waals surface area contributed by atoms with Gasteiger partial charge in [0, 0.05) is 28.4 Å². The highest BCUT2D eigenvalue weighted by Gasteiger charge is 2.02. The molecule has 21 heavy (non-hydrogen) atoms. The summed E-state index contributed by atoms with van der Waals surface area (Å²) < 4.78 is 2.89. The maximum atomic E-state index is 6.01. The number of benzene rings is 1. The number of hydrogen-bond donors (Lipinski definition) is 1. The predicted molar refractivity (Wildman–Crippen MR) is 87.8 cm³/mol. The van der Waals surface area contributed by atoms with Gasteiger partial charge in [0.25, 0.3) is 0 Å². The minimum atomic E-state index is 0.674. The van der Waals surface area contributed by atoms with Crippen molar-refractivity contribution in [3.05, 3.63) is 70.3 Å². The lowest BCUT2D eigenvalue weighted by Gasteiger charge is -2.09. The molecule has 3 aromatic rings. The van der Waals surface area contributed by atoms with Gasteiger partial charge in [-0.3, -0.25) is 4.57 Å². The van der Waals surface area contributed by atoms with Crippen molar-refractivity contribution < 1.29 is 0 Å². The molecule has 0 aliphatic heterocycles. The van der Waals surface area contributed by atoms with E-state index >= 15 is 0 Å². The Balaban J connectivity index is 1.70. The quantitative estimate of drug-likeness (QED) is 0.751. The second-order valence-corrected chi connectivity index (χ2v) is 5.76. The van der Waals surface area contributed by atoms with Crippen LogP contribution in [0.5, 0.6) is 0 Å². The van der Waals surface area contributed by atoms with Crippen LogP contribution in [0, 0.1) is 0 Å². The summed E-state index contributed by atoms with van der Waals surface area (Å²) in [7, 11) is 0. The summed E-state index contributed by atoms with van der Waals surface area (Å²) in [6.45, 7) is 0.674. The average molecular weight is 364 g/mol. The lowest BCUT2D eigenvalue weighted by molar-refractivity contribution is 0.990. The van der Waals surface area contributed by atoms with E-state index in [4.69, 9.17) is 11.6 Å². The summed E-state index contributed by atoms with van der Waals surface area (Å²) in [6, 6.07) is 9.67. The van der Waals surface area contributed by atoms with Crippen molar-refractivity contribution in [2.45, 2.75) is 6.54 Å². The Bertz CT molecular complexity index is 726. The van der Waals surface area contributed by atoms with Crippen LogP contribution < -0.4 is 5.32 Å². The van der Waals surface area contributed by atoms with Gasteiger partial charge in [-0.05, 0) is 35.9 Å². The molecule has 0 unspecified atom stereocenters. The molecule has 0 aliphatic carbocycles. The van der Waals surface area contributed by atoms with E-state index in [-0.39, 0.29) is 0 Å². The molecule has 1 N–H and O–H groups in total. The lowest BCUT2D eigenvalue weighted by atomic mass is 10.2. The van der Waals surface area contributed by atoms with Crippen LogP contribution in [0.25, 0.3) is 5.82 Å². The third-order valence-electron chi connectivity index (χ3n) is 3.01. The first-order chi connectivity index (χ1) is 10.2. The average Bonchev–Trinajstić information content (AvgIpc) is 3.03. The number of aromatic nitrogens is 3. The third-order valence-corrected chi connectivity index (χ3v) is 4.02. The van der Waals surface area contributed by atoms with Gasteiger partial charge in [0.1, 0.15) is 12.1 Å². The van der Waals surface area contributed by atoms with Crippen molar-refractivity contribution >= 4 is 33.2 Å². The van der Waals surface area contributed by atoms with Crippen molar-refractivity contribution in [2.24, 2.45) is 0 Å². The van der Waals surface area contributed by atoms with E-state index in [1.807, 2.05) is 41.1 Å². The summed E-state index contributed by atoms with van der Waals surface area (Å²) in [5, 5.41) is 4.05. The third kappa shape index (κ3) is 3.43. The molecule has 6 heteroatoms. The number of anilines is 1. The first-order valence-electron chi connectivity index (χ1n) is 6.34. The standard InChI is InChI=1S/C15H12BrClN4/c16-14-3-1-12(17)7-11(14)8-19-13-2-4-15(20-9-13)21-6-5-18-10-21/h1-7,9-10,19H,8H2. The SMILES string of the molecule is Clc1ccc(Br)c(CNc2ccc(-n3ccnc3)nc2)c1. The summed E-state index contributed by atoms with van der Waals surface area (Å²) >= 11 is 9.52. The molecule has 0 aliphatic rings. The number of hydrogen-bond acceptors (Lipinski definition) is 3. The van der Waals surface area contributed by atoms with Gasteiger partial charge in [-0.2, -0.15) is 0 Å². The van der Waals surface area contributed by atoms with Crippen molar-refractivity contribution in [1.82, 2.24) is 14.5 Å². The summed E-state index contributed by atoms with van der Waals surface area (Å²) in [4.78, 5) is 8.40. The van der Waals surface area contributed by atoms with Gasteiger partial charge < -0.3 is 5.32 Å². The van der Waals surface area contributed by atoms with Gasteiger partial charge in [-0.15, -0.1) is 0 Å². The number of halogens is 2. The molecule has 0 radical (unpaired) electrons. The first-order valence-corrected chi connectivity index (χ1v) is 7.51. The highest BCUT2D eigenvalue weighted by molar-refractivity contribution is 9.10. The first kappa shape index (κ1) is 14.1. The number of imidazole rings is 1. The van der Waals surface area contributed by atoms with Gasteiger partial charge in [0.15, 0.2) is 0 Å². The smallest absolute Gasteiger partial charge is 0.137 e. The van der Waals surface area contributed by atoms with Gasteiger partial charge in [-0.1, -0.05) is 27.5 Å². The molecule has 106 valence electrons. The molecule has 2 aromatic heterocycles. The largest absolute Gasteiger partial charge is 0.380 e. The molecule has 0 amide bonds. The number of nitrogens with one attached hydrogen (secondary N) is 1. The molecule has 0 saturated carbocycles. The second-order valence-electron chi connectivity index (χ2n) is 4.46. The van der Waals surface area contributed by atoms with Crippen LogP contribution in [0.15, 0.2) is 59.7 Å². The molecule has 0 saturated heterocycles. The maximum absolute atomic E-state index is 6.01. The zero-order chi connectivity index (χ0) is 14.7. The van der Waals surface area contributed by atoms with E-state index in [2.05, 4.69) is 31.2 Å². The van der Waals surface area contributed by atoms with Gasteiger partial charge in [0.05, 0.1) is 11.9 Å². The van der Waals surface area contributed by atoms with E-state index in [1.54, 1.807) is 18.7 Å². The zero-order valence-corrected chi connectivity index (χ0v) is 13.3. The topological polar surface area (TPSA) is 42.7 Å². The molecule has 4 nitrogen and oxygen atoms in total. The molecular formula is C15H12BrClN4. The Morgan fingerprint density at radius 2 is 2.14 bits per heavy atom. The number of nitrogens with zero attached hydrogens (tertiary/aromatic N) is 3. The molecule has 0 bridgehead atoms. The maximum Gasteiger partial charge on any atom is 0.137 e. The monoisotopic (exact) mass is 362 g/mol. The van der Waals surface area contributed by atoms with E-state index in [1.165, 1.54) is 0 Å². The number of rotatable bonds is 4. The molecule has 0 atom stereocenters. The molecule has 1 aromatic carbocycles. The van der Waals surface area contributed by atoms with Crippen LogP contribution in [-0.2, 0) is 6.54 Å². The molecule has 2 heterocycles. The van der Waals surface area contributed by atoms with Gasteiger partial charge >= 0.3 is 0 Å². The Morgan fingerprint density at radius 1 is 1.24 bits per heavy atom. The van der Waals surface area contributed by atoms with Crippen molar-refractivity contribution in [3.63, 3.8) is 0 Å². The highest BCUT2D eigenvalue weighted by Crippen LogP contribution is 2.22. The van der Waals surface area contributed by atoms with Crippen LogP contribution >= 0.6 is 27.5 Å². The minimum absolute atomic E-state index is 0.674. The van der Waals surface area contributed by atoms with E-state index < -0.39 is 0 Å². The van der Waals surface area contributed by atoms with Gasteiger partial charge in [-0.25, -0.2) is 9.97 Å². The van der Waals surface area contributed by atoms with Crippen LogP contribution in [-0.4, -0.2) is 14.5 Å². The van der Waals surface area contributed by atoms with Crippen LogP contribution in [0.1, 0.15) is 5.56 Å². The Morgan fingerprint density at radius 3 is 2.86 bits per heavy atom. The van der Waals surface area contributed by atoms with Crippen LogP contribution in [0.3, 0.4) is 0 Å². The lowest BCUT2D eigenvalue weighted by Crippen LogP contribution is -2.02. The summed E-state index contributed by atoms with van der Waals surface area (Å²) in [5.74, 6) is 0.835. The fourth-order valence-corrected chi connectivity index (χ4v) is 2.50. The molecule has 0 fully saturated rings. The Kier molecular flexibility index (Phi) is 4.22. The highest BCUT2D eigenvalue weighted by atomic mass is 79.9. The fourth-order valence-electron chi connectivity index (χ4n) is 1.91. The number of pyridine rings is 1. The van der Waals surface area contributed by atoms with Crippen LogP contribution in [0.2, 0.25) is 5.02 Å². The van der Waals surface area contributed by atoms with Crippen molar-refractivity contribution in [2.75, 3.05) is 5.32 Å². The summed E-state index contributed by atoms with van der Waals surface area (Å²) in [5.41, 5.74) is 2.05. The van der Waals surface area contributed by atoms with Crippen molar-refractivity contribution in [3.8, 4) is 5.82 Å².